The van der Waals surface area contributed by atoms with Crippen molar-refractivity contribution in [1.82, 2.24) is 0 Å². The Balaban J connectivity index is 2.48. The van der Waals surface area contributed by atoms with Gasteiger partial charge in [0.2, 0.25) is 0 Å². The van der Waals surface area contributed by atoms with Gasteiger partial charge < -0.3 is 14.6 Å². The molecule has 1 aromatic rings. The number of ether oxygens (including phenoxy) is 2. The molecule has 2 rings (SSSR count). The van der Waals surface area contributed by atoms with E-state index in [9.17, 15) is 13.2 Å². The number of rotatable bonds is 4. The zero-order chi connectivity index (χ0) is 14.8. The van der Waals surface area contributed by atoms with E-state index in [4.69, 9.17) is 14.6 Å². The Labute approximate surface area is 117 Å². The van der Waals surface area contributed by atoms with Gasteiger partial charge in [0, 0.05) is 6.61 Å². The monoisotopic (exact) mass is 300 g/mol. The van der Waals surface area contributed by atoms with Crippen LogP contribution in [-0.2, 0) is 14.6 Å². The maximum Gasteiger partial charge on any atom is 0.335 e. The Hall–Kier alpha value is -1.60. The lowest BCUT2D eigenvalue weighted by Gasteiger charge is -2.23. The first kappa shape index (κ1) is 14.8. The van der Waals surface area contributed by atoms with Crippen LogP contribution >= 0.6 is 0 Å². The first-order valence-electron chi connectivity index (χ1n) is 6.20. The zero-order valence-corrected chi connectivity index (χ0v) is 11.9. The van der Waals surface area contributed by atoms with Crippen LogP contribution < -0.4 is 4.74 Å². The molecule has 1 heterocycles. The van der Waals surface area contributed by atoms with E-state index in [1.165, 1.54) is 19.2 Å². The van der Waals surface area contributed by atoms with Gasteiger partial charge in [-0.1, -0.05) is 0 Å². The Bertz CT molecular complexity index is 601. The van der Waals surface area contributed by atoms with Crippen LogP contribution in [0.3, 0.4) is 0 Å². The molecular weight excluding hydrogens is 284 g/mol. The third kappa shape index (κ3) is 2.78. The largest absolute Gasteiger partial charge is 0.495 e. The lowest BCUT2D eigenvalue weighted by Crippen LogP contribution is -2.31. The summed E-state index contributed by atoms with van der Waals surface area (Å²) in [6.45, 7) is 0.682. The highest BCUT2D eigenvalue weighted by molar-refractivity contribution is 7.92. The Kier molecular flexibility index (Phi) is 4.29. The quantitative estimate of drug-likeness (QED) is 0.902. The van der Waals surface area contributed by atoms with Gasteiger partial charge in [0.15, 0.2) is 9.84 Å². The van der Waals surface area contributed by atoms with Crippen molar-refractivity contribution in [1.29, 1.82) is 0 Å². The summed E-state index contributed by atoms with van der Waals surface area (Å²) in [5.41, 5.74) is -0.0823. The van der Waals surface area contributed by atoms with Crippen molar-refractivity contribution in [2.24, 2.45) is 0 Å². The number of sulfone groups is 1. The Morgan fingerprint density at radius 1 is 1.45 bits per heavy atom. The maximum absolute atomic E-state index is 12.6. The number of carbonyl (C=O) groups is 1. The highest BCUT2D eigenvalue weighted by Crippen LogP contribution is 2.30. The molecular formula is C13H16O6S. The molecule has 1 saturated heterocycles. The third-order valence-electron chi connectivity index (χ3n) is 3.27. The van der Waals surface area contributed by atoms with Gasteiger partial charge in [-0.05, 0) is 31.0 Å². The molecule has 7 heteroatoms. The highest BCUT2D eigenvalue weighted by Gasteiger charge is 2.32. The van der Waals surface area contributed by atoms with Crippen LogP contribution in [0, 0.1) is 0 Å². The van der Waals surface area contributed by atoms with Gasteiger partial charge in [0.1, 0.15) is 10.6 Å². The standard InChI is InChI=1S/C13H16O6S/c1-18-11-5-4-9(13(14)15)7-12(11)20(16,17)10-3-2-6-19-8-10/h4-5,7,10H,2-3,6,8H2,1H3,(H,14,15). The molecule has 1 aromatic carbocycles. The van der Waals surface area contributed by atoms with Gasteiger partial charge >= 0.3 is 5.97 Å². The van der Waals surface area contributed by atoms with E-state index in [1.54, 1.807) is 0 Å². The summed E-state index contributed by atoms with van der Waals surface area (Å²) in [5.74, 6) is -1.02. The number of carboxylic acid groups (broad SMARTS) is 1. The Morgan fingerprint density at radius 3 is 2.75 bits per heavy atom. The summed E-state index contributed by atoms with van der Waals surface area (Å²) < 4.78 is 35.4. The maximum atomic E-state index is 12.6. The molecule has 0 amide bonds. The second kappa shape index (κ2) is 5.80. The number of aromatic carboxylic acids is 1. The van der Waals surface area contributed by atoms with Gasteiger partial charge in [-0.25, -0.2) is 13.2 Å². The van der Waals surface area contributed by atoms with E-state index in [0.29, 0.717) is 19.4 Å². The number of hydrogen-bond acceptors (Lipinski definition) is 5. The molecule has 0 spiro atoms. The van der Waals surface area contributed by atoms with E-state index >= 15 is 0 Å². The third-order valence-corrected chi connectivity index (χ3v) is 5.46. The van der Waals surface area contributed by atoms with Crippen molar-refractivity contribution in [3.05, 3.63) is 23.8 Å². The van der Waals surface area contributed by atoms with Crippen LogP contribution in [0.2, 0.25) is 0 Å². The van der Waals surface area contributed by atoms with Crippen LogP contribution in [0.25, 0.3) is 0 Å². The van der Waals surface area contributed by atoms with Crippen molar-refractivity contribution in [2.75, 3.05) is 20.3 Å². The average molecular weight is 300 g/mol. The fourth-order valence-electron chi connectivity index (χ4n) is 2.17. The van der Waals surface area contributed by atoms with E-state index < -0.39 is 21.1 Å². The summed E-state index contributed by atoms with van der Waals surface area (Å²) in [5, 5.41) is 8.33. The topological polar surface area (TPSA) is 89.9 Å². The fourth-order valence-corrected chi connectivity index (χ4v) is 4.00. The molecule has 1 atom stereocenters. The average Bonchev–Trinajstić information content (AvgIpc) is 2.47. The summed E-state index contributed by atoms with van der Waals surface area (Å²) in [6.07, 6.45) is 1.17. The second-order valence-electron chi connectivity index (χ2n) is 4.55. The van der Waals surface area contributed by atoms with Gasteiger partial charge in [0.25, 0.3) is 0 Å². The van der Waals surface area contributed by atoms with E-state index in [-0.39, 0.29) is 22.8 Å². The lowest BCUT2D eigenvalue weighted by atomic mass is 10.2. The molecule has 1 N–H and O–H groups in total. The predicted octanol–water partition coefficient (Wildman–Crippen LogP) is 1.35. The number of hydrogen-bond donors (Lipinski definition) is 1. The minimum absolute atomic E-state index is 0.0823. The van der Waals surface area contributed by atoms with Gasteiger partial charge in [0.05, 0.1) is 24.5 Å². The minimum atomic E-state index is -3.67. The van der Waals surface area contributed by atoms with Crippen molar-refractivity contribution in [3.63, 3.8) is 0 Å². The number of benzene rings is 1. The van der Waals surface area contributed by atoms with Gasteiger partial charge in [-0.3, -0.25) is 0 Å². The summed E-state index contributed by atoms with van der Waals surface area (Å²) in [7, 11) is -2.32. The minimum Gasteiger partial charge on any atom is -0.495 e. The number of methoxy groups -OCH3 is 1. The molecule has 1 unspecified atom stereocenters. The molecule has 0 aromatic heterocycles. The predicted molar refractivity (Wildman–Crippen MR) is 71.0 cm³/mol. The normalized spacial score (nSPS) is 19.6. The van der Waals surface area contributed by atoms with Crippen molar-refractivity contribution in [3.8, 4) is 5.75 Å². The molecule has 6 nitrogen and oxygen atoms in total. The van der Waals surface area contributed by atoms with Crippen LogP contribution in [-0.4, -0.2) is 45.1 Å². The first-order chi connectivity index (χ1) is 9.46. The fraction of sp³-hybridized carbons (Fsp3) is 0.462. The van der Waals surface area contributed by atoms with Crippen molar-refractivity contribution >= 4 is 15.8 Å². The molecule has 1 aliphatic rings. The number of carboxylic acids is 1. The van der Waals surface area contributed by atoms with Gasteiger partial charge in [-0.15, -0.1) is 0 Å². The SMILES string of the molecule is COc1ccc(C(=O)O)cc1S(=O)(=O)C1CCCOC1. The molecule has 20 heavy (non-hydrogen) atoms. The molecule has 110 valence electrons. The van der Waals surface area contributed by atoms with Crippen LogP contribution in [0.15, 0.2) is 23.1 Å². The van der Waals surface area contributed by atoms with Crippen molar-refractivity contribution in [2.45, 2.75) is 23.0 Å². The second-order valence-corrected chi connectivity index (χ2v) is 6.75. The van der Waals surface area contributed by atoms with E-state index in [1.807, 2.05) is 0 Å². The molecule has 0 radical (unpaired) electrons. The molecule has 1 aliphatic heterocycles. The van der Waals surface area contributed by atoms with Crippen LogP contribution in [0.4, 0.5) is 0 Å². The summed E-state index contributed by atoms with van der Waals surface area (Å²) in [6, 6.07) is 3.82. The van der Waals surface area contributed by atoms with E-state index in [0.717, 1.165) is 6.07 Å². The van der Waals surface area contributed by atoms with Crippen LogP contribution in [0.5, 0.6) is 5.75 Å². The lowest BCUT2D eigenvalue weighted by molar-refractivity contribution is 0.0696. The molecule has 0 aliphatic carbocycles. The van der Waals surface area contributed by atoms with Gasteiger partial charge in [-0.2, -0.15) is 0 Å². The zero-order valence-electron chi connectivity index (χ0n) is 11.0. The van der Waals surface area contributed by atoms with E-state index in [2.05, 4.69) is 0 Å². The highest BCUT2D eigenvalue weighted by atomic mass is 32.2. The Morgan fingerprint density at radius 2 is 2.20 bits per heavy atom. The smallest absolute Gasteiger partial charge is 0.335 e. The van der Waals surface area contributed by atoms with Crippen molar-refractivity contribution < 1.29 is 27.8 Å². The molecule has 0 saturated carbocycles. The summed E-state index contributed by atoms with van der Waals surface area (Å²) in [4.78, 5) is 10.9. The molecule has 1 fully saturated rings. The summed E-state index contributed by atoms with van der Waals surface area (Å²) >= 11 is 0. The first-order valence-corrected chi connectivity index (χ1v) is 7.74. The molecule has 0 bridgehead atoms. The van der Waals surface area contributed by atoms with Crippen LogP contribution in [0.1, 0.15) is 23.2 Å².